The Labute approximate surface area is 153 Å². The van der Waals surface area contributed by atoms with Gasteiger partial charge in [-0.05, 0) is 25.2 Å². The summed E-state index contributed by atoms with van der Waals surface area (Å²) in [7, 11) is 0. The number of carbonyl (C=O) groups excluding carboxylic acids is 1. The molecule has 0 bridgehead atoms. The van der Waals surface area contributed by atoms with E-state index in [1.807, 2.05) is 4.68 Å². The molecule has 0 aromatic carbocycles. The molecule has 2 aliphatic heterocycles. The van der Waals surface area contributed by atoms with Gasteiger partial charge in [0.25, 0.3) is 0 Å². The SMILES string of the molecule is O=C(N[C@H]1CO[C@H]2[C@H]1OC[C@H]2n1cc(CC2CCCCC2)nn1)C1CC1. The Balaban J connectivity index is 1.21. The topological polar surface area (TPSA) is 78.3 Å². The van der Waals surface area contributed by atoms with Gasteiger partial charge in [-0.3, -0.25) is 4.79 Å². The van der Waals surface area contributed by atoms with Crippen molar-refractivity contribution < 1.29 is 14.3 Å². The lowest BCUT2D eigenvalue weighted by molar-refractivity contribution is -0.123. The second-order valence-corrected chi connectivity index (χ2v) is 8.45. The average molecular weight is 360 g/mol. The average Bonchev–Trinajstić information content (AvgIpc) is 3.08. The van der Waals surface area contributed by atoms with Crippen LogP contribution in [-0.2, 0) is 20.7 Å². The molecule has 1 amide bonds. The first-order chi connectivity index (χ1) is 12.8. The highest BCUT2D eigenvalue weighted by Crippen LogP contribution is 2.35. The summed E-state index contributed by atoms with van der Waals surface area (Å²) in [6, 6.07) is 0.0127. The van der Waals surface area contributed by atoms with Gasteiger partial charge in [-0.25, -0.2) is 4.68 Å². The number of nitrogens with zero attached hydrogens (tertiary/aromatic N) is 3. The van der Waals surface area contributed by atoms with Crippen LogP contribution >= 0.6 is 0 Å². The fourth-order valence-electron chi connectivity index (χ4n) is 4.73. The molecule has 7 nitrogen and oxygen atoms in total. The molecule has 2 aliphatic carbocycles. The number of aromatic nitrogens is 3. The maximum absolute atomic E-state index is 12.0. The Morgan fingerprint density at radius 1 is 1.12 bits per heavy atom. The minimum absolute atomic E-state index is 0.0386. The van der Waals surface area contributed by atoms with Gasteiger partial charge >= 0.3 is 0 Å². The second kappa shape index (κ2) is 6.93. The number of carbonyl (C=O) groups is 1. The van der Waals surface area contributed by atoms with E-state index in [0.717, 1.165) is 30.9 Å². The van der Waals surface area contributed by atoms with Crippen molar-refractivity contribution in [1.29, 1.82) is 0 Å². The molecule has 4 atom stereocenters. The lowest BCUT2D eigenvalue weighted by Crippen LogP contribution is -2.44. The number of fused-ring (bicyclic) bond motifs is 1. The summed E-state index contributed by atoms with van der Waals surface area (Å²) in [4.78, 5) is 12.0. The van der Waals surface area contributed by atoms with Crippen LogP contribution in [0.4, 0.5) is 0 Å². The maximum Gasteiger partial charge on any atom is 0.223 e. The van der Waals surface area contributed by atoms with Gasteiger partial charge in [0.2, 0.25) is 5.91 Å². The minimum Gasteiger partial charge on any atom is -0.371 e. The molecular weight excluding hydrogens is 332 g/mol. The van der Waals surface area contributed by atoms with E-state index in [-0.39, 0.29) is 36.1 Å². The van der Waals surface area contributed by atoms with Crippen molar-refractivity contribution in [2.24, 2.45) is 11.8 Å². The molecule has 5 rings (SSSR count). The quantitative estimate of drug-likeness (QED) is 0.864. The normalized spacial score (nSPS) is 34.8. The van der Waals surface area contributed by atoms with Gasteiger partial charge in [-0.2, -0.15) is 0 Å². The van der Waals surface area contributed by atoms with Crippen LogP contribution in [0.3, 0.4) is 0 Å². The number of hydrogen-bond donors (Lipinski definition) is 1. The van der Waals surface area contributed by atoms with Crippen LogP contribution < -0.4 is 5.32 Å². The first-order valence-corrected chi connectivity index (χ1v) is 10.2. The van der Waals surface area contributed by atoms with Crippen molar-refractivity contribution in [3.05, 3.63) is 11.9 Å². The van der Waals surface area contributed by atoms with E-state index in [1.54, 1.807) is 0 Å². The van der Waals surface area contributed by atoms with Crippen molar-refractivity contribution >= 4 is 5.91 Å². The molecular formula is C19H28N4O3. The van der Waals surface area contributed by atoms with Gasteiger partial charge in [0.1, 0.15) is 18.2 Å². The summed E-state index contributed by atoms with van der Waals surface area (Å²) in [6.07, 6.45) is 11.7. The lowest BCUT2D eigenvalue weighted by Gasteiger charge is -2.20. The number of hydrogen-bond acceptors (Lipinski definition) is 5. The molecule has 0 unspecified atom stereocenters. The highest BCUT2D eigenvalue weighted by atomic mass is 16.6. The number of ether oxygens (including phenoxy) is 2. The summed E-state index contributed by atoms with van der Waals surface area (Å²) in [5.41, 5.74) is 1.08. The van der Waals surface area contributed by atoms with Gasteiger partial charge in [0.15, 0.2) is 0 Å². The summed E-state index contributed by atoms with van der Waals surface area (Å²) >= 11 is 0. The molecule has 26 heavy (non-hydrogen) atoms. The van der Waals surface area contributed by atoms with Crippen LogP contribution in [0.15, 0.2) is 6.20 Å². The molecule has 0 spiro atoms. The van der Waals surface area contributed by atoms with E-state index in [2.05, 4.69) is 21.8 Å². The van der Waals surface area contributed by atoms with Gasteiger partial charge in [0.05, 0.1) is 24.9 Å². The van der Waals surface area contributed by atoms with Gasteiger partial charge < -0.3 is 14.8 Å². The maximum atomic E-state index is 12.0. The number of nitrogens with one attached hydrogen (secondary N) is 1. The number of rotatable bonds is 5. The van der Waals surface area contributed by atoms with E-state index in [4.69, 9.17) is 9.47 Å². The Morgan fingerprint density at radius 2 is 1.92 bits per heavy atom. The highest BCUT2D eigenvalue weighted by molar-refractivity contribution is 5.81. The molecule has 1 N–H and O–H groups in total. The minimum atomic E-state index is -0.0753. The third-order valence-corrected chi connectivity index (χ3v) is 6.42. The third-order valence-electron chi connectivity index (χ3n) is 6.42. The fraction of sp³-hybridized carbons (Fsp3) is 0.842. The summed E-state index contributed by atoms with van der Waals surface area (Å²) in [6.45, 7) is 1.09. The Kier molecular flexibility index (Phi) is 4.44. The van der Waals surface area contributed by atoms with Gasteiger partial charge in [-0.1, -0.05) is 37.3 Å². The van der Waals surface area contributed by atoms with E-state index < -0.39 is 0 Å². The van der Waals surface area contributed by atoms with Crippen molar-refractivity contribution in [2.75, 3.05) is 13.2 Å². The Bertz CT molecular complexity index is 653. The molecule has 7 heteroatoms. The standard InChI is InChI=1S/C19H28N4O3/c24-19(13-6-7-13)20-15-10-25-18-16(11-26-17(15)18)23-9-14(21-22-23)8-12-4-2-1-3-5-12/h9,12-13,15-18H,1-8,10-11H2,(H,20,24)/t15-,16+,17-,18+/m0/s1. The molecule has 142 valence electrons. The summed E-state index contributed by atoms with van der Waals surface area (Å²) in [5.74, 6) is 1.12. The first kappa shape index (κ1) is 16.7. The van der Waals surface area contributed by atoms with Crippen molar-refractivity contribution in [2.45, 2.75) is 75.7 Å². The van der Waals surface area contributed by atoms with Crippen LogP contribution in [0.5, 0.6) is 0 Å². The first-order valence-electron chi connectivity index (χ1n) is 10.2. The zero-order valence-corrected chi connectivity index (χ0v) is 15.2. The second-order valence-electron chi connectivity index (χ2n) is 8.45. The van der Waals surface area contributed by atoms with E-state index in [1.165, 1.54) is 32.1 Å². The van der Waals surface area contributed by atoms with Crippen molar-refractivity contribution in [3.8, 4) is 0 Å². The summed E-state index contributed by atoms with van der Waals surface area (Å²) in [5, 5.41) is 11.9. The predicted octanol–water partition coefficient (Wildman–Crippen LogP) is 1.63. The lowest BCUT2D eigenvalue weighted by atomic mass is 9.86. The molecule has 2 saturated carbocycles. The largest absolute Gasteiger partial charge is 0.371 e. The molecule has 1 aromatic rings. The molecule has 0 radical (unpaired) electrons. The van der Waals surface area contributed by atoms with E-state index >= 15 is 0 Å². The van der Waals surface area contributed by atoms with Crippen molar-refractivity contribution in [3.63, 3.8) is 0 Å². The monoisotopic (exact) mass is 360 g/mol. The molecule has 1 aromatic heterocycles. The Morgan fingerprint density at radius 3 is 2.73 bits per heavy atom. The summed E-state index contributed by atoms with van der Waals surface area (Å²) < 4.78 is 13.9. The number of amides is 1. The van der Waals surface area contributed by atoms with Crippen LogP contribution in [0.25, 0.3) is 0 Å². The smallest absolute Gasteiger partial charge is 0.223 e. The predicted molar refractivity (Wildman–Crippen MR) is 93.5 cm³/mol. The van der Waals surface area contributed by atoms with Crippen LogP contribution in [0.2, 0.25) is 0 Å². The zero-order valence-electron chi connectivity index (χ0n) is 15.2. The molecule has 3 heterocycles. The highest BCUT2D eigenvalue weighted by Gasteiger charge is 2.50. The van der Waals surface area contributed by atoms with Gasteiger partial charge in [-0.15, -0.1) is 5.10 Å². The van der Waals surface area contributed by atoms with E-state index in [0.29, 0.717) is 13.2 Å². The zero-order chi connectivity index (χ0) is 17.5. The Hall–Kier alpha value is -1.47. The van der Waals surface area contributed by atoms with Crippen LogP contribution in [0, 0.1) is 11.8 Å². The van der Waals surface area contributed by atoms with Crippen LogP contribution in [-0.4, -0.2) is 52.4 Å². The molecule has 4 fully saturated rings. The molecule has 2 saturated heterocycles. The molecule has 4 aliphatic rings. The fourth-order valence-corrected chi connectivity index (χ4v) is 4.73. The van der Waals surface area contributed by atoms with Crippen molar-refractivity contribution in [1.82, 2.24) is 20.3 Å². The van der Waals surface area contributed by atoms with E-state index in [9.17, 15) is 4.79 Å². The third kappa shape index (κ3) is 3.27. The van der Waals surface area contributed by atoms with Crippen LogP contribution in [0.1, 0.15) is 56.7 Å². The van der Waals surface area contributed by atoms with Gasteiger partial charge in [0, 0.05) is 12.1 Å².